The Morgan fingerprint density at radius 2 is 2.20 bits per heavy atom. The Hall–Kier alpha value is -0.0800. The molecule has 0 aromatic carbocycles. The molecule has 1 aliphatic carbocycles. The quantitative estimate of drug-likeness (QED) is 0.523. The van der Waals surface area contributed by atoms with Crippen LogP contribution in [0.3, 0.4) is 0 Å². The van der Waals surface area contributed by atoms with Gasteiger partial charge in [0.25, 0.3) is 0 Å². The minimum Gasteiger partial charge on any atom is -0.313 e. The Bertz CT molecular complexity index is 135. The summed E-state index contributed by atoms with van der Waals surface area (Å²) in [6, 6.07) is 0. The van der Waals surface area contributed by atoms with Gasteiger partial charge in [0, 0.05) is 0 Å². The minimum atomic E-state index is 0.0399. The third-order valence-electron chi connectivity index (χ3n) is 3.07. The van der Waals surface area contributed by atoms with Crippen LogP contribution in [0.25, 0.3) is 0 Å². The third kappa shape index (κ3) is 0.867. The molecule has 2 heteroatoms. The SMILES string of the molecule is NC12CCCCC1CCN2. The first kappa shape index (κ1) is 6.62. The van der Waals surface area contributed by atoms with E-state index in [9.17, 15) is 0 Å². The Labute approximate surface area is 62.2 Å². The van der Waals surface area contributed by atoms with Crippen molar-refractivity contribution in [2.24, 2.45) is 11.7 Å². The molecule has 3 N–H and O–H groups in total. The zero-order chi connectivity index (χ0) is 7.03. The summed E-state index contributed by atoms with van der Waals surface area (Å²) < 4.78 is 0. The van der Waals surface area contributed by atoms with Crippen LogP contribution >= 0.6 is 0 Å². The number of rotatable bonds is 0. The van der Waals surface area contributed by atoms with Gasteiger partial charge < -0.3 is 5.73 Å². The lowest BCUT2D eigenvalue weighted by atomic mass is 9.81. The van der Waals surface area contributed by atoms with Crippen LogP contribution in [-0.4, -0.2) is 12.2 Å². The van der Waals surface area contributed by atoms with Crippen molar-refractivity contribution in [3.63, 3.8) is 0 Å². The van der Waals surface area contributed by atoms with Crippen molar-refractivity contribution < 1.29 is 0 Å². The van der Waals surface area contributed by atoms with E-state index in [1.165, 1.54) is 32.1 Å². The van der Waals surface area contributed by atoms with E-state index in [4.69, 9.17) is 5.73 Å². The van der Waals surface area contributed by atoms with Crippen LogP contribution in [0.4, 0.5) is 0 Å². The van der Waals surface area contributed by atoms with Gasteiger partial charge >= 0.3 is 0 Å². The van der Waals surface area contributed by atoms with Crippen molar-refractivity contribution in [3.8, 4) is 0 Å². The van der Waals surface area contributed by atoms with Gasteiger partial charge in [-0.25, -0.2) is 0 Å². The van der Waals surface area contributed by atoms with Gasteiger partial charge in [-0.15, -0.1) is 0 Å². The molecule has 1 heterocycles. The summed E-state index contributed by atoms with van der Waals surface area (Å²) in [6.45, 7) is 1.14. The summed E-state index contributed by atoms with van der Waals surface area (Å²) >= 11 is 0. The molecule has 0 aromatic heterocycles. The van der Waals surface area contributed by atoms with Gasteiger partial charge in [0.05, 0.1) is 5.66 Å². The van der Waals surface area contributed by atoms with E-state index in [1.807, 2.05) is 0 Å². The monoisotopic (exact) mass is 140 g/mol. The Kier molecular flexibility index (Phi) is 1.46. The van der Waals surface area contributed by atoms with Crippen molar-refractivity contribution in [3.05, 3.63) is 0 Å². The minimum absolute atomic E-state index is 0.0399. The topological polar surface area (TPSA) is 38.0 Å². The van der Waals surface area contributed by atoms with Gasteiger partial charge in [0.1, 0.15) is 0 Å². The highest BCUT2D eigenvalue weighted by Gasteiger charge is 2.40. The number of hydrogen-bond acceptors (Lipinski definition) is 2. The van der Waals surface area contributed by atoms with Gasteiger partial charge in [0.2, 0.25) is 0 Å². The number of fused-ring (bicyclic) bond motifs is 1. The Morgan fingerprint density at radius 3 is 3.00 bits per heavy atom. The van der Waals surface area contributed by atoms with Crippen molar-refractivity contribution in [1.29, 1.82) is 0 Å². The number of nitrogens with two attached hydrogens (primary N) is 1. The summed E-state index contributed by atoms with van der Waals surface area (Å²) in [6.07, 6.45) is 6.56. The van der Waals surface area contributed by atoms with E-state index in [0.29, 0.717) is 0 Å². The van der Waals surface area contributed by atoms with Gasteiger partial charge in [0.15, 0.2) is 0 Å². The van der Waals surface area contributed by atoms with Crippen LogP contribution in [0.15, 0.2) is 0 Å². The van der Waals surface area contributed by atoms with Gasteiger partial charge in [-0.3, -0.25) is 5.32 Å². The van der Waals surface area contributed by atoms with E-state index in [0.717, 1.165) is 12.5 Å². The van der Waals surface area contributed by atoms with E-state index in [1.54, 1.807) is 0 Å². The molecule has 10 heavy (non-hydrogen) atoms. The lowest BCUT2D eigenvalue weighted by molar-refractivity contribution is 0.203. The van der Waals surface area contributed by atoms with Crippen LogP contribution in [0.5, 0.6) is 0 Å². The first-order valence-corrected chi connectivity index (χ1v) is 4.35. The van der Waals surface area contributed by atoms with Crippen molar-refractivity contribution in [2.45, 2.75) is 37.8 Å². The molecule has 58 valence electrons. The predicted molar refractivity (Wildman–Crippen MR) is 41.5 cm³/mol. The number of hydrogen-bond donors (Lipinski definition) is 2. The van der Waals surface area contributed by atoms with Gasteiger partial charge in [-0.2, -0.15) is 0 Å². The fraction of sp³-hybridized carbons (Fsp3) is 1.00. The molecule has 0 radical (unpaired) electrons. The summed E-state index contributed by atoms with van der Waals surface area (Å²) in [5, 5.41) is 3.41. The molecule has 2 nitrogen and oxygen atoms in total. The highest BCUT2D eigenvalue weighted by molar-refractivity contribution is 4.96. The van der Waals surface area contributed by atoms with Crippen LogP contribution in [0, 0.1) is 5.92 Å². The second-order valence-electron chi connectivity index (χ2n) is 3.70. The van der Waals surface area contributed by atoms with Crippen LogP contribution in [0.2, 0.25) is 0 Å². The van der Waals surface area contributed by atoms with Crippen LogP contribution in [0.1, 0.15) is 32.1 Å². The largest absolute Gasteiger partial charge is 0.313 e. The molecular weight excluding hydrogens is 124 g/mol. The predicted octanol–water partition coefficient (Wildman–Crippen LogP) is 0.825. The summed E-state index contributed by atoms with van der Waals surface area (Å²) in [7, 11) is 0. The molecule has 0 spiro atoms. The van der Waals surface area contributed by atoms with Gasteiger partial charge in [-0.1, -0.05) is 12.8 Å². The molecule has 2 fully saturated rings. The first-order valence-electron chi connectivity index (χ1n) is 4.35. The van der Waals surface area contributed by atoms with Crippen molar-refractivity contribution >= 4 is 0 Å². The van der Waals surface area contributed by atoms with Gasteiger partial charge in [-0.05, 0) is 31.7 Å². The molecule has 0 aromatic rings. The molecule has 2 unspecified atom stereocenters. The highest BCUT2D eigenvalue weighted by atomic mass is 15.1. The van der Waals surface area contributed by atoms with E-state index < -0.39 is 0 Å². The summed E-state index contributed by atoms with van der Waals surface area (Å²) in [5.74, 6) is 0.779. The molecule has 2 aliphatic rings. The zero-order valence-electron chi connectivity index (χ0n) is 6.40. The van der Waals surface area contributed by atoms with Crippen LogP contribution < -0.4 is 11.1 Å². The highest BCUT2D eigenvalue weighted by Crippen LogP contribution is 2.35. The average Bonchev–Trinajstić information content (AvgIpc) is 2.29. The zero-order valence-corrected chi connectivity index (χ0v) is 6.40. The van der Waals surface area contributed by atoms with Crippen molar-refractivity contribution in [2.75, 3.05) is 6.54 Å². The fourth-order valence-corrected chi connectivity index (χ4v) is 2.38. The van der Waals surface area contributed by atoms with E-state index in [-0.39, 0.29) is 5.66 Å². The molecule has 1 saturated carbocycles. The molecule has 1 aliphatic heterocycles. The third-order valence-corrected chi connectivity index (χ3v) is 3.07. The molecule has 0 bridgehead atoms. The second kappa shape index (κ2) is 2.21. The Balaban J connectivity index is 2.10. The standard InChI is InChI=1S/C8H16N2/c9-8-5-2-1-3-7(8)4-6-10-8/h7,10H,1-6,9H2. The first-order chi connectivity index (χ1) is 4.81. The van der Waals surface area contributed by atoms with Crippen molar-refractivity contribution in [1.82, 2.24) is 5.32 Å². The fourth-order valence-electron chi connectivity index (χ4n) is 2.38. The molecule has 2 atom stereocenters. The average molecular weight is 140 g/mol. The molecule has 1 saturated heterocycles. The smallest absolute Gasteiger partial charge is 0.0691 e. The second-order valence-corrected chi connectivity index (χ2v) is 3.70. The lowest BCUT2D eigenvalue weighted by Gasteiger charge is -2.35. The molecule has 0 amide bonds. The van der Waals surface area contributed by atoms with Crippen LogP contribution in [-0.2, 0) is 0 Å². The maximum atomic E-state index is 6.15. The summed E-state index contributed by atoms with van der Waals surface area (Å²) in [4.78, 5) is 0. The molecule has 2 rings (SSSR count). The Morgan fingerprint density at radius 1 is 1.30 bits per heavy atom. The summed E-state index contributed by atoms with van der Waals surface area (Å²) in [5.41, 5.74) is 6.19. The lowest BCUT2D eigenvalue weighted by Crippen LogP contribution is -2.54. The van der Waals surface area contributed by atoms with E-state index >= 15 is 0 Å². The number of nitrogens with one attached hydrogen (secondary N) is 1. The normalized spacial score (nSPS) is 47.1. The molecular formula is C8H16N2. The maximum absolute atomic E-state index is 6.15. The van der Waals surface area contributed by atoms with E-state index in [2.05, 4.69) is 5.32 Å². The maximum Gasteiger partial charge on any atom is 0.0691 e.